The van der Waals surface area contributed by atoms with Crippen LogP contribution in [0.4, 0.5) is 4.39 Å². The van der Waals surface area contributed by atoms with Gasteiger partial charge in [-0.2, -0.15) is 0 Å². The molecular weight excluding hydrogens is 421 g/mol. The molecule has 2 heterocycles. The Balaban J connectivity index is 2.08. The highest BCUT2D eigenvalue weighted by molar-refractivity contribution is 6.33. The second-order valence-electron chi connectivity index (χ2n) is 6.58. The molecule has 0 bridgehead atoms. The van der Waals surface area contributed by atoms with E-state index in [0.29, 0.717) is 28.5 Å². The van der Waals surface area contributed by atoms with Crippen LogP contribution in [0.2, 0.25) is 5.02 Å². The Morgan fingerprint density at radius 1 is 1.06 bits per heavy atom. The van der Waals surface area contributed by atoms with Gasteiger partial charge in [0.05, 0.1) is 18.9 Å². The Labute approximate surface area is 183 Å². The third-order valence-corrected chi connectivity index (χ3v) is 4.98. The molecule has 4 rings (SSSR count). The van der Waals surface area contributed by atoms with E-state index in [9.17, 15) is 9.18 Å². The van der Waals surface area contributed by atoms with Crippen molar-refractivity contribution in [1.82, 2.24) is 14.6 Å². The molecule has 0 atom stereocenters. The van der Waals surface area contributed by atoms with E-state index in [1.54, 1.807) is 38.2 Å². The summed E-state index contributed by atoms with van der Waals surface area (Å²) in [4.78, 5) is 17.1. The number of carbonyl (C=O) groups is 1. The Morgan fingerprint density at radius 2 is 1.81 bits per heavy atom. The summed E-state index contributed by atoms with van der Waals surface area (Å²) in [5.41, 5.74) is 3.07. The summed E-state index contributed by atoms with van der Waals surface area (Å²) >= 11 is 6.46. The second-order valence-corrected chi connectivity index (χ2v) is 6.98. The predicted octanol–water partition coefficient (Wildman–Crippen LogP) is 5.43. The van der Waals surface area contributed by atoms with Gasteiger partial charge < -0.3 is 9.47 Å². The molecule has 0 spiro atoms. The smallest absolute Gasteiger partial charge is 0.347 e. The largest absolute Gasteiger partial charge is 0.476 e. The lowest BCUT2D eigenvalue weighted by Crippen LogP contribution is -2.07. The van der Waals surface area contributed by atoms with E-state index in [4.69, 9.17) is 21.1 Å². The molecule has 0 aliphatic heterocycles. The van der Waals surface area contributed by atoms with Crippen molar-refractivity contribution in [2.45, 2.75) is 13.8 Å². The first-order valence-corrected chi connectivity index (χ1v) is 10.1. The zero-order valence-electron chi connectivity index (χ0n) is 16.9. The first kappa shape index (κ1) is 20.8. The van der Waals surface area contributed by atoms with Gasteiger partial charge >= 0.3 is 5.97 Å². The maximum atomic E-state index is 13.6. The van der Waals surface area contributed by atoms with E-state index in [2.05, 4.69) is 10.1 Å². The van der Waals surface area contributed by atoms with Crippen LogP contribution in [-0.2, 0) is 4.74 Å². The molecule has 8 heteroatoms. The fourth-order valence-corrected chi connectivity index (χ4v) is 3.59. The van der Waals surface area contributed by atoms with Gasteiger partial charge in [0.25, 0.3) is 0 Å². The Bertz CT molecular complexity index is 1260. The molecule has 0 saturated heterocycles. The van der Waals surface area contributed by atoms with Gasteiger partial charge in [-0.05, 0) is 44.2 Å². The average molecular weight is 440 g/mol. The number of rotatable bonds is 6. The highest BCUT2D eigenvalue weighted by atomic mass is 35.5. The number of hydrogen-bond donors (Lipinski definition) is 0. The van der Waals surface area contributed by atoms with Crippen LogP contribution in [0.1, 0.15) is 24.2 Å². The minimum Gasteiger partial charge on any atom is -0.476 e. The van der Waals surface area contributed by atoms with Crippen LogP contribution in [0.25, 0.3) is 28.0 Å². The third-order valence-electron chi connectivity index (χ3n) is 4.65. The van der Waals surface area contributed by atoms with Gasteiger partial charge in [0, 0.05) is 27.9 Å². The SMILES string of the molecule is CCOC(=O)c1c(OCC)nn2c(-c3ccc(F)cc3)c(-c3ccccc3Cl)cnc12. The third kappa shape index (κ3) is 3.84. The maximum absolute atomic E-state index is 13.6. The standard InChI is InChI=1S/C23H19ClFN3O3/c1-3-30-22-19(23(29)31-4-2)21-26-13-17(16-7-5-6-8-18(16)24)20(28(21)27-22)14-9-11-15(25)12-10-14/h5-13H,3-4H2,1-2H3. The Hall–Kier alpha value is -3.45. The molecular formula is C23H19ClFN3O3. The van der Waals surface area contributed by atoms with Gasteiger partial charge in [0.15, 0.2) is 11.2 Å². The summed E-state index contributed by atoms with van der Waals surface area (Å²) in [5, 5.41) is 5.04. The first-order valence-electron chi connectivity index (χ1n) is 9.77. The van der Waals surface area contributed by atoms with Crippen molar-refractivity contribution in [2.24, 2.45) is 0 Å². The summed E-state index contributed by atoms with van der Waals surface area (Å²) < 4.78 is 25.9. The highest BCUT2D eigenvalue weighted by Gasteiger charge is 2.27. The molecule has 0 radical (unpaired) electrons. The van der Waals surface area contributed by atoms with Crippen molar-refractivity contribution in [2.75, 3.05) is 13.2 Å². The van der Waals surface area contributed by atoms with Crippen LogP contribution in [0.3, 0.4) is 0 Å². The highest BCUT2D eigenvalue weighted by Crippen LogP contribution is 2.37. The molecule has 2 aromatic heterocycles. The number of halogens is 2. The van der Waals surface area contributed by atoms with Crippen molar-refractivity contribution >= 4 is 23.2 Å². The number of carbonyl (C=O) groups excluding carboxylic acids is 1. The summed E-state index contributed by atoms with van der Waals surface area (Å²) in [5.74, 6) is -0.826. The van der Waals surface area contributed by atoms with Crippen molar-refractivity contribution in [1.29, 1.82) is 0 Å². The number of fused-ring (bicyclic) bond motifs is 1. The molecule has 6 nitrogen and oxygen atoms in total. The van der Waals surface area contributed by atoms with E-state index < -0.39 is 5.97 Å². The topological polar surface area (TPSA) is 65.7 Å². The number of ether oxygens (including phenoxy) is 2. The predicted molar refractivity (Wildman–Crippen MR) is 116 cm³/mol. The molecule has 4 aromatic rings. The summed E-state index contributed by atoms with van der Waals surface area (Å²) in [6.07, 6.45) is 1.62. The number of aromatic nitrogens is 3. The fraction of sp³-hybridized carbons (Fsp3) is 0.174. The molecule has 0 fully saturated rings. The lowest BCUT2D eigenvalue weighted by atomic mass is 10.0. The van der Waals surface area contributed by atoms with E-state index in [1.165, 1.54) is 16.6 Å². The van der Waals surface area contributed by atoms with E-state index >= 15 is 0 Å². The van der Waals surface area contributed by atoms with Crippen LogP contribution in [0.5, 0.6) is 5.88 Å². The van der Waals surface area contributed by atoms with Gasteiger partial charge in [0.1, 0.15) is 5.82 Å². The molecule has 0 aliphatic carbocycles. The normalized spacial score (nSPS) is 11.0. The Kier molecular flexibility index (Phi) is 5.86. The summed E-state index contributed by atoms with van der Waals surface area (Å²) in [7, 11) is 0. The Morgan fingerprint density at radius 3 is 2.48 bits per heavy atom. The van der Waals surface area contributed by atoms with Crippen LogP contribution < -0.4 is 4.74 Å². The fourth-order valence-electron chi connectivity index (χ4n) is 3.35. The van der Waals surface area contributed by atoms with Gasteiger partial charge in [-0.1, -0.05) is 29.8 Å². The average Bonchev–Trinajstić information content (AvgIpc) is 3.13. The van der Waals surface area contributed by atoms with Crippen molar-refractivity contribution in [3.05, 3.63) is 71.1 Å². The molecule has 0 saturated carbocycles. The molecule has 2 aromatic carbocycles. The zero-order valence-corrected chi connectivity index (χ0v) is 17.7. The molecule has 0 unspecified atom stereocenters. The van der Waals surface area contributed by atoms with Gasteiger partial charge in [-0.25, -0.2) is 18.7 Å². The zero-order chi connectivity index (χ0) is 22.0. The van der Waals surface area contributed by atoms with Crippen molar-refractivity contribution in [3.63, 3.8) is 0 Å². The number of hydrogen-bond acceptors (Lipinski definition) is 5. The van der Waals surface area contributed by atoms with Crippen molar-refractivity contribution in [3.8, 4) is 28.3 Å². The monoisotopic (exact) mass is 439 g/mol. The lowest BCUT2D eigenvalue weighted by Gasteiger charge is -2.13. The molecule has 0 N–H and O–H groups in total. The first-order chi connectivity index (χ1) is 15.0. The van der Waals surface area contributed by atoms with Crippen LogP contribution in [-0.4, -0.2) is 33.8 Å². The van der Waals surface area contributed by atoms with Gasteiger partial charge in [-0.15, -0.1) is 5.10 Å². The summed E-state index contributed by atoms with van der Waals surface area (Å²) in [6, 6.07) is 13.3. The molecule has 158 valence electrons. The quantitative estimate of drug-likeness (QED) is 0.375. The van der Waals surface area contributed by atoms with Gasteiger partial charge in [0.2, 0.25) is 5.88 Å². The number of benzene rings is 2. The summed E-state index contributed by atoms with van der Waals surface area (Å²) in [6.45, 7) is 4.02. The number of nitrogens with zero attached hydrogens (tertiary/aromatic N) is 3. The molecule has 0 aliphatic rings. The number of esters is 1. The second kappa shape index (κ2) is 8.73. The minimum absolute atomic E-state index is 0.119. The van der Waals surface area contributed by atoms with Crippen LogP contribution >= 0.6 is 11.6 Å². The van der Waals surface area contributed by atoms with E-state index in [1.807, 2.05) is 18.2 Å². The van der Waals surface area contributed by atoms with E-state index in [0.717, 1.165) is 5.56 Å². The maximum Gasteiger partial charge on any atom is 0.347 e. The molecule has 0 amide bonds. The van der Waals surface area contributed by atoms with Crippen LogP contribution in [0, 0.1) is 5.82 Å². The van der Waals surface area contributed by atoms with Crippen molar-refractivity contribution < 1.29 is 18.7 Å². The minimum atomic E-state index is -0.580. The van der Waals surface area contributed by atoms with Gasteiger partial charge in [-0.3, -0.25) is 0 Å². The lowest BCUT2D eigenvalue weighted by molar-refractivity contribution is 0.0524. The van der Waals surface area contributed by atoms with Crippen LogP contribution in [0.15, 0.2) is 54.7 Å². The molecule has 31 heavy (non-hydrogen) atoms. The van der Waals surface area contributed by atoms with E-state index in [-0.39, 0.29) is 29.5 Å².